The molecule has 0 unspecified atom stereocenters. The standard InChI is InChI=1S/C10H17/c1-3-5-7-9-10-8-6-4-2/h3,5-10H2,1H3/q+1. The van der Waals surface area contributed by atoms with Crippen molar-refractivity contribution in [2.45, 2.75) is 51.9 Å². The molecule has 0 heteroatoms. The molecule has 0 radical (unpaired) electrons. The van der Waals surface area contributed by atoms with Crippen LogP contribution in [0.2, 0.25) is 0 Å². The van der Waals surface area contributed by atoms with Crippen LogP contribution in [0.5, 0.6) is 0 Å². The second kappa shape index (κ2) is 8.78. The first-order chi connectivity index (χ1) is 4.91. The molecule has 0 aromatic rings. The summed E-state index contributed by atoms with van der Waals surface area (Å²) in [4.78, 5) is 0. The van der Waals surface area contributed by atoms with E-state index in [-0.39, 0.29) is 0 Å². The van der Waals surface area contributed by atoms with E-state index in [1.165, 1.54) is 32.1 Å². The van der Waals surface area contributed by atoms with Gasteiger partial charge in [-0.3, -0.25) is 0 Å². The molecule has 0 saturated heterocycles. The third-order valence-electron chi connectivity index (χ3n) is 1.66. The van der Waals surface area contributed by atoms with Gasteiger partial charge in [0.1, 0.15) is 0 Å². The molecule has 0 fully saturated rings. The summed E-state index contributed by atoms with van der Waals surface area (Å²) in [6, 6.07) is 0. The molecule has 0 aliphatic carbocycles. The van der Waals surface area contributed by atoms with Crippen molar-refractivity contribution in [3.8, 4) is 5.92 Å². The maximum atomic E-state index is 6.67. The molecular weight excluding hydrogens is 120 g/mol. The molecule has 56 valence electrons. The van der Waals surface area contributed by atoms with Crippen LogP contribution in [0.1, 0.15) is 51.9 Å². The molecule has 0 amide bonds. The summed E-state index contributed by atoms with van der Waals surface area (Å²) in [6.45, 7) is 2.23. The third kappa shape index (κ3) is 7.78. The molecule has 0 bridgehead atoms. The molecule has 0 N–H and O–H groups in total. The van der Waals surface area contributed by atoms with Gasteiger partial charge >= 0.3 is 64.2 Å². The average Bonchev–Trinajstić information content (AvgIpc) is 1.97. The van der Waals surface area contributed by atoms with Gasteiger partial charge in [-0.15, -0.1) is 0 Å². The van der Waals surface area contributed by atoms with Crippen LogP contribution in [0.3, 0.4) is 0 Å². The molecule has 0 aliphatic heterocycles. The van der Waals surface area contributed by atoms with Crippen molar-refractivity contribution in [2.24, 2.45) is 0 Å². The zero-order valence-electron chi connectivity index (χ0n) is 6.95. The van der Waals surface area contributed by atoms with Gasteiger partial charge in [-0.05, 0) is 0 Å². The van der Waals surface area contributed by atoms with Crippen LogP contribution in [-0.4, -0.2) is 0 Å². The van der Waals surface area contributed by atoms with Crippen LogP contribution in [0.25, 0.3) is 0 Å². The van der Waals surface area contributed by atoms with Gasteiger partial charge < -0.3 is 0 Å². The minimum atomic E-state index is 0.853. The van der Waals surface area contributed by atoms with Crippen molar-refractivity contribution in [1.29, 1.82) is 0 Å². The Morgan fingerprint density at radius 3 is 2.20 bits per heavy atom. The number of unbranched alkanes of at least 4 members (excludes halogenated alkanes) is 6. The van der Waals surface area contributed by atoms with E-state index in [2.05, 4.69) is 12.8 Å². The molecule has 0 saturated carbocycles. The fourth-order valence-electron chi connectivity index (χ4n) is 0.994. The van der Waals surface area contributed by atoms with Crippen molar-refractivity contribution in [2.75, 3.05) is 0 Å². The summed E-state index contributed by atoms with van der Waals surface area (Å²) in [5, 5.41) is 0. The van der Waals surface area contributed by atoms with Crippen molar-refractivity contribution in [1.82, 2.24) is 0 Å². The molecule has 0 spiro atoms. The first-order valence-electron chi connectivity index (χ1n) is 4.31. The zero-order valence-corrected chi connectivity index (χ0v) is 6.95. The van der Waals surface area contributed by atoms with Gasteiger partial charge in [0.25, 0.3) is 0 Å². The first kappa shape index (κ1) is 9.78. The Morgan fingerprint density at radius 1 is 1.00 bits per heavy atom. The molecular formula is C10H17+. The fourth-order valence-corrected chi connectivity index (χ4v) is 0.994. The van der Waals surface area contributed by atoms with Crippen LogP contribution < -0.4 is 0 Å². The van der Waals surface area contributed by atoms with E-state index in [0.717, 1.165) is 12.8 Å². The molecule has 0 atom stereocenters. The Kier molecular flexibility index (Phi) is 8.59. The van der Waals surface area contributed by atoms with Crippen LogP contribution in [0.4, 0.5) is 0 Å². The van der Waals surface area contributed by atoms with Crippen LogP contribution in [-0.2, 0) is 0 Å². The van der Waals surface area contributed by atoms with Gasteiger partial charge in [-0.25, -0.2) is 0 Å². The first-order valence-corrected chi connectivity index (χ1v) is 4.31. The number of hydrogen-bond acceptors (Lipinski definition) is 0. The van der Waals surface area contributed by atoms with Crippen LogP contribution in [0, 0.1) is 12.3 Å². The van der Waals surface area contributed by atoms with Crippen LogP contribution >= 0.6 is 0 Å². The van der Waals surface area contributed by atoms with E-state index in [0.29, 0.717) is 0 Å². The van der Waals surface area contributed by atoms with Crippen LogP contribution in [0.15, 0.2) is 0 Å². The zero-order chi connectivity index (χ0) is 7.66. The maximum absolute atomic E-state index is 6.67. The Bertz CT molecular complexity index is 86.7. The Labute approximate surface area is 65.0 Å². The van der Waals surface area contributed by atoms with E-state index < -0.39 is 0 Å². The monoisotopic (exact) mass is 137 g/mol. The van der Waals surface area contributed by atoms with E-state index in [1.807, 2.05) is 0 Å². The SMILES string of the molecule is [C+]#CCCCCCCCC. The van der Waals surface area contributed by atoms with Gasteiger partial charge in [0, 0.05) is 0 Å². The second-order valence-corrected chi connectivity index (χ2v) is 2.69. The molecule has 0 aromatic carbocycles. The summed E-state index contributed by atoms with van der Waals surface area (Å²) in [6.07, 6.45) is 15.4. The fraction of sp³-hybridized carbons (Fsp3) is 0.800. The van der Waals surface area contributed by atoms with Gasteiger partial charge in [-0.2, -0.15) is 0 Å². The van der Waals surface area contributed by atoms with E-state index >= 15 is 0 Å². The molecule has 0 aromatic heterocycles. The van der Waals surface area contributed by atoms with E-state index in [1.54, 1.807) is 0 Å². The van der Waals surface area contributed by atoms with Gasteiger partial charge in [0.05, 0.1) is 0 Å². The predicted octanol–water partition coefficient (Wildman–Crippen LogP) is 3.33. The summed E-state index contributed by atoms with van der Waals surface area (Å²) in [5.74, 6) is 2.41. The average molecular weight is 137 g/mol. The van der Waals surface area contributed by atoms with Crippen molar-refractivity contribution < 1.29 is 0 Å². The van der Waals surface area contributed by atoms with Gasteiger partial charge in [0.15, 0.2) is 0 Å². The van der Waals surface area contributed by atoms with Gasteiger partial charge in [0.2, 0.25) is 0 Å². The minimum absolute atomic E-state index is 0.853. The normalized spacial score (nSPS) is 9.50. The van der Waals surface area contributed by atoms with Crippen molar-refractivity contribution in [3.63, 3.8) is 0 Å². The topological polar surface area (TPSA) is 0 Å². The molecule has 0 rings (SSSR count). The summed E-state index contributed by atoms with van der Waals surface area (Å²) >= 11 is 0. The number of hydrogen-bond donors (Lipinski definition) is 0. The Hall–Kier alpha value is -0.220. The Balaban J connectivity index is 2.72. The predicted molar refractivity (Wildman–Crippen MR) is 45.1 cm³/mol. The summed E-state index contributed by atoms with van der Waals surface area (Å²) < 4.78 is 0. The molecule has 0 aliphatic rings. The van der Waals surface area contributed by atoms with E-state index in [4.69, 9.17) is 6.42 Å². The molecule has 0 nitrogen and oxygen atoms in total. The molecule has 0 heterocycles. The summed E-state index contributed by atoms with van der Waals surface area (Å²) in [7, 11) is 0. The summed E-state index contributed by atoms with van der Waals surface area (Å²) in [5.41, 5.74) is 0. The number of rotatable bonds is 6. The van der Waals surface area contributed by atoms with Gasteiger partial charge in [-0.1, -0.05) is 0 Å². The Morgan fingerprint density at radius 2 is 1.60 bits per heavy atom. The van der Waals surface area contributed by atoms with E-state index in [9.17, 15) is 0 Å². The third-order valence-corrected chi connectivity index (χ3v) is 1.66. The quantitative estimate of drug-likeness (QED) is 0.299. The van der Waals surface area contributed by atoms with Crippen molar-refractivity contribution >= 4 is 0 Å². The van der Waals surface area contributed by atoms with Crippen molar-refractivity contribution in [3.05, 3.63) is 6.42 Å². The molecule has 10 heavy (non-hydrogen) atoms. The second-order valence-electron chi connectivity index (χ2n) is 2.69.